The minimum atomic E-state index is 0.322. The van der Waals surface area contributed by atoms with Crippen molar-refractivity contribution in [3.63, 3.8) is 0 Å². The van der Waals surface area contributed by atoms with Gasteiger partial charge in [-0.1, -0.05) is 67.0 Å². The summed E-state index contributed by atoms with van der Waals surface area (Å²) in [4.78, 5) is 0. The molecular weight excluding hydrogens is 240 g/mol. The summed E-state index contributed by atoms with van der Waals surface area (Å²) in [7, 11) is 0. The molecule has 0 unspecified atom stereocenters. The van der Waals surface area contributed by atoms with Gasteiger partial charge in [0.1, 0.15) is 0 Å². The Morgan fingerprint density at radius 2 is 1.85 bits per heavy atom. The molecule has 0 aromatic carbocycles. The monoisotopic (exact) mass is 269 g/mol. The fourth-order valence-corrected chi connectivity index (χ4v) is 2.70. The van der Waals surface area contributed by atoms with Crippen molar-refractivity contribution in [2.45, 2.75) is 53.9 Å². The quantitative estimate of drug-likeness (QED) is 0.521. The normalized spacial score (nSPS) is 21.3. The van der Waals surface area contributed by atoms with Gasteiger partial charge in [0.2, 0.25) is 0 Å². The van der Waals surface area contributed by atoms with Crippen molar-refractivity contribution in [3.8, 4) is 0 Å². The van der Waals surface area contributed by atoms with Gasteiger partial charge in [0.15, 0.2) is 0 Å². The second kappa shape index (κ2) is 7.47. The van der Waals surface area contributed by atoms with Crippen molar-refractivity contribution in [2.75, 3.05) is 0 Å². The molecule has 1 radical (unpaired) electrons. The van der Waals surface area contributed by atoms with E-state index in [0.29, 0.717) is 5.41 Å². The molecule has 0 aromatic heterocycles. The first-order valence-corrected chi connectivity index (χ1v) is 7.56. The van der Waals surface area contributed by atoms with E-state index in [2.05, 4.69) is 71.9 Å². The zero-order valence-electron chi connectivity index (χ0n) is 13.8. The van der Waals surface area contributed by atoms with E-state index in [0.717, 1.165) is 0 Å². The third kappa shape index (κ3) is 5.00. The van der Waals surface area contributed by atoms with Crippen molar-refractivity contribution >= 4 is 0 Å². The molecule has 0 fully saturated rings. The molecule has 1 aliphatic rings. The van der Waals surface area contributed by atoms with Gasteiger partial charge in [0, 0.05) is 0 Å². The Kier molecular flexibility index (Phi) is 6.26. The molecule has 0 aliphatic heterocycles. The molecule has 0 heteroatoms. The Labute approximate surface area is 125 Å². The van der Waals surface area contributed by atoms with Crippen LogP contribution in [-0.2, 0) is 0 Å². The molecule has 1 aliphatic carbocycles. The lowest BCUT2D eigenvalue weighted by Crippen LogP contribution is -2.19. The maximum absolute atomic E-state index is 3.75. The second-order valence-electron chi connectivity index (χ2n) is 6.48. The molecule has 1 rings (SSSR count). The van der Waals surface area contributed by atoms with Crippen molar-refractivity contribution in [3.05, 3.63) is 65.7 Å². The molecule has 0 spiro atoms. The average Bonchev–Trinajstić information content (AvgIpc) is 2.37. The summed E-state index contributed by atoms with van der Waals surface area (Å²) >= 11 is 0. The Morgan fingerprint density at radius 1 is 1.15 bits per heavy atom. The summed E-state index contributed by atoms with van der Waals surface area (Å²) in [5, 5.41) is 0. The number of hydrogen-bond acceptors (Lipinski definition) is 0. The van der Waals surface area contributed by atoms with Gasteiger partial charge in [0.05, 0.1) is 0 Å². The van der Waals surface area contributed by atoms with Crippen LogP contribution in [-0.4, -0.2) is 0 Å². The third-order valence-electron chi connectivity index (χ3n) is 4.10. The van der Waals surface area contributed by atoms with Crippen molar-refractivity contribution in [2.24, 2.45) is 5.41 Å². The van der Waals surface area contributed by atoms with E-state index < -0.39 is 0 Å². The number of hydrogen-bond donors (Lipinski definition) is 0. The van der Waals surface area contributed by atoms with Gasteiger partial charge >= 0.3 is 0 Å². The molecule has 0 N–H and O–H groups in total. The van der Waals surface area contributed by atoms with Crippen LogP contribution in [0.2, 0.25) is 0 Å². The molecule has 109 valence electrons. The molecule has 0 atom stereocenters. The Hall–Kier alpha value is -1.30. The molecule has 0 bridgehead atoms. The van der Waals surface area contributed by atoms with Crippen LogP contribution >= 0.6 is 0 Å². The van der Waals surface area contributed by atoms with E-state index in [4.69, 9.17) is 0 Å². The van der Waals surface area contributed by atoms with E-state index in [9.17, 15) is 0 Å². The lowest BCUT2D eigenvalue weighted by molar-refractivity contribution is 0.377. The van der Waals surface area contributed by atoms with E-state index in [-0.39, 0.29) is 0 Å². The summed E-state index contributed by atoms with van der Waals surface area (Å²) in [5.74, 6) is 0. The average molecular weight is 269 g/mol. The van der Waals surface area contributed by atoms with Crippen LogP contribution in [0.3, 0.4) is 0 Å². The van der Waals surface area contributed by atoms with Crippen LogP contribution in [0.5, 0.6) is 0 Å². The van der Waals surface area contributed by atoms with Gasteiger partial charge in [-0.15, -0.1) is 0 Å². The smallest absolute Gasteiger partial charge is 0.0104 e. The topological polar surface area (TPSA) is 0 Å². The fourth-order valence-electron chi connectivity index (χ4n) is 2.70. The fraction of sp³-hybridized carbons (Fsp3) is 0.450. The first-order chi connectivity index (χ1) is 9.36. The predicted octanol–water partition coefficient (Wildman–Crippen LogP) is 6.35. The van der Waals surface area contributed by atoms with E-state index >= 15 is 0 Å². The lowest BCUT2D eigenvalue weighted by Gasteiger charge is -2.32. The second-order valence-corrected chi connectivity index (χ2v) is 6.48. The van der Waals surface area contributed by atoms with Gasteiger partial charge in [-0.3, -0.25) is 0 Å². The first-order valence-electron chi connectivity index (χ1n) is 7.56. The summed E-state index contributed by atoms with van der Waals surface area (Å²) in [5.41, 5.74) is 5.86. The zero-order chi connectivity index (χ0) is 15.2. The van der Waals surface area contributed by atoms with Crippen LogP contribution in [0.15, 0.2) is 58.7 Å². The first kappa shape index (κ1) is 16.8. The zero-order valence-corrected chi connectivity index (χ0v) is 13.8. The Morgan fingerprint density at radius 3 is 2.45 bits per heavy atom. The molecule has 0 aromatic rings. The highest BCUT2D eigenvalue weighted by molar-refractivity contribution is 5.37. The molecule has 0 nitrogen and oxygen atoms in total. The van der Waals surface area contributed by atoms with Crippen LogP contribution in [0.1, 0.15) is 53.9 Å². The molecule has 0 heterocycles. The molecular formula is C20H29. The van der Waals surface area contributed by atoms with E-state index in [1.54, 1.807) is 5.57 Å². The predicted molar refractivity (Wildman–Crippen MR) is 91.5 cm³/mol. The number of rotatable bonds is 4. The van der Waals surface area contributed by atoms with Gasteiger partial charge in [-0.05, 0) is 57.9 Å². The maximum atomic E-state index is 3.75. The van der Waals surface area contributed by atoms with Gasteiger partial charge in [-0.2, -0.15) is 0 Å². The molecule has 0 amide bonds. The van der Waals surface area contributed by atoms with Crippen LogP contribution in [0.4, 0.5) is 0 Å². The number of allylic oxidation sites excluding steroid dienone is 10. The van der Waals surface area contributed by atoms with Crippen molar-refractivity contribution < 1.29 is 0 Å². The van der Waals surface area contributed by atoms with E-state index in [1.807, 2.05) is 6.08 Å². The summed E-state index contributed by atoms with van der Waals surface area (Å²) in [6.07, 6.45) is 16.6. The highest BCUT2D eigenvalue weighted by atomic mass is 14.3. The summed E-state index contributed by atoms with van der Waals surface area (Å²) < 4.78 is 0. The van der Waals surface area contributed by atoms with Gasteiger partial charge in [-0.25, -0.2) is 0 Å². The Balaban J connectivity index is 2.81. The largest absolute Gasteiger partial charge is 0.0813 e. The van der Waals surface area contributed by atoms with Gasteiger partial charge < -0.3 is 0 Å². The van der Waals surface area contributed by atoms with Gasteiger partial charge in [0.25, 0.3) is 0 Å². The summed E-state index contributed by atoms with van der Waals surface area (Å²) in [6, 6.07) is 0. The molecule has 0 saturated heterocycles. The Bertz CT molecular complexity index is 476. The van der Waals surface area contributed by atoms with Crippen LogP contribution < -0.4 is 0 Å². The standard InChI is InChI=1S/C20H29/c1-7-16(2)10-8-11-17(3)13-14-19-18(4)12-9-15-20(19,5)6/h7-8,10-11,13-14H,1,9,12,15H2,2-6H3/b10-8+,14-13+,16-7-,17-11-. The maximum Gasteiger partial charge on any atom is -0.0104 e. The lowest BCUT2D eigenvalue weighted by atomic mass is 9.72. The minimum absolute atomic E-state index is 0.322. The van der Waals surface area contributed by atoms with Crippen molar-refractivity contribution in [1.82, 2.24) is 0 Å². The van der Waals surface area contributed by atoms with E-state index in [1.165, 1.54) is 36.0 Å². The SMILES string of the molecule is [CH2]\C=C(C)/C=C/C=C(C)\C=C\C1=C(C)CCCC1(C)C. The van der Waals surface area contributed by atoms with Crippen LogP contribution in [0, 0.1) is 12.3 Å². The molecule has 20 heavy (non-hydrogen) atoms. The highest BCUT2D eigenvalue weighted by Gasteiger charge is 2.26. The van der Waals surface area contributed by atoms with Crippen molar-refractivity contribution in [1.29, 1.82) is 0 Å². The summed E-state index contributed by atoms with van der Waals surface area (Å²) in [6.45, 7) is 15.0. The third-order valence-corrected chi connectivity index (χ3v) is 4.10. The van der Waals surface area contributed by atoms with Crippen LogP contribution in [0.25, 0.3) is 0 Å². The molecule has 0 saturated carbocycles. The highest BCUT2D eigenvalue weighted by Crippen LogP contribution is 2.40. The minimum Gasteiger partial charge on any atom is -0.0813 e.